The third-order valence-corrected chi connectivity index (χ3v) is 2.93. The molecule has 3 nitrogen and oxygen atoms in total. The number of methoxy groups -OCH3 is 1. The summed E-state index contributed by atoms with van der Waals surface area (Å²) >= 11 is 0. The Hall–Kier alpha value is -2.29. The van der Waals surface area contributed by atoms with Crippen LogP contribution in [0.4, 0.5) is 0 Å². The molecule has 104 valence electrons. The van der Waals surface area contributed by atoms with Gasteiger partial charge in [-0.2, -0.15) is 0 Å². The highest BCUT2D eigenvalue weighted by atomic mass is 16.5. The topological polar surface area (TPSA) is 35.5 Å². The van der Waals surface area contributed by atoms with Crippen molar-refractivity contribution in [2.45, 2.75) is 19.8 Å². The summed E-state index contributed by atoms with van der Waals surface area (Å²) in [6.45, 7) is 1.98. The maximum Gasteiger partial charge on any atom is 0.166 e. The molecule has 0 saturated heterocycles. The lowest BCUT2D eigenvalue weighted by molar-refractivity contribution is 0.0978. The van der Waals surface area contributed by atoms with Crippen LogP contribution in [-0.2, 0) is 0 Å². The summed E-state index contributed by atoms with van der Waals surface area (Å²) in [7, 11) is 1.57. The molecular formula is C17H18O3. The second kappa shape index (κ2) is 6.75. The van der Waals surface area contributed by atoms with Crippen molar-refractivity contribution in [1.29, 1.82) is 0 Å². The lowest BCUT2D eigenvalue weighted by Gasteiger charge is -2.11. The van der Waals surface area contributed by atoms with E-state index in [2.05, 4.69) is 0 Å². The summed E-state index contributed by atoms with van der Waals surface area (Å²) in [6.07, 6.45) is 1.32. The Bertz CT molecular complexity index is 576. The number of ketones is 1. The van der Waals surface area contributed by atoms with Crippen LogP contribution in [0.3, 0.4) is 0 Å². The van der Waals surface area contributed by atoms with Gasteiger partial charge in [-0.15, -0.1) is 0 Å². The van der Waals surface area contributed by atoms with Crippen LogP contribution >= 0.6 is 0 Å². The molecule has 0 radical (unpaired) electrons. The van der Waals surface area contributed by atoms with Gasteiger partial charge in [-0.1, -0.05) is 25.1 Å². The smallest absolute Gasteiger partial charge is 0.166 e. The van der Waals surface area contributed by atoms with Crippen molar-refractivity contribution in [1.82, 2.24) is 0 Å². The Morgan fingerprint density at radius 1 is 1.05 bits per heavy atom. The van der Waals surface area contributed by atoms with E-state index in [1.165, 1.54) is 0 Å². The van der Waals surface area contributed by atoms with Gasteiger partial charge in [0.2, 0.25) is 0 Å². The van der Waals surface area contributed by atoms with E-state index in [4.69, 9.17) is 9.47 Å². The fourth-order valence-electron chi connectivity index (χ4n) is 1.95. The molecule has 0 aliphatic rings. The minimum Gasteiger partial charge on any atom is -0.496 e. The Balaban J connectivity index is 2.27. The lowest BCUT2D eigenvalue weighted by atomic mass is 10.1. The van der Waals surface area contributed by atoms with Gasteiger partial charge in [0.25, 0.3) is 0 Å². The summed E-state index contributed by atoms with van der Waals surface area (Å²) in [5, 5.41) is 0. The van der Waals surface area contributed by atoms with Crippen LogP contribution in [0.5, 0.6) is 17.2 Å². The van der Waals surface area contributed by atoms with E-state index in [9.17, 15) is 4.79 Å². The predicted molar refractivity (Wildman–Crippen MR) is 78.7 cm³/mol. The largest absolute Gasteiger partial charge is 0.496 e. The molecule has 0 unspecified atom stereocenters. The standard InChI is InChI=1S/C17H18O3/c1-3-7-16(18)15-12-14(10-11-17(15)19-2)20-13-8-5-4-6-9-13/h4-6,8-12H,3,7H2,1-2H3. The predicted octanol–water partition coefficient (Wildman–Crippen LogP) is 4.47. The van der Waals surface area contributed by atoms with Crippen molar-refractivity contribution in [2.24, 2.45) is 0 Å². The summed E-state index contributed by atoms with van der Waals surface area (Å²) in [4.78, 5) is 12.1. The number of Topliss-reactive ketones (excluding diaryl/α,β-unsaturated/α-hetero) is 1. The second-order valence-electron chi connectivity index (χ2n) is 4.45. The fourth-order valence-corrected chi connectivity index (χ4v) is 1.95. The average Bonchev–Trinajstić information content (AvgIpc) is 2.48. The van der Waals surface area contributed by atoms with Gasteiger partial charge in [0.05, 0.1) is 12.7 Å². The first-order chi connectivity index (χ1) is 9.74. The molecule has 20 heavy (non-hydrogen) atoms. The van der Waals surface area contributed by atoms with Gasteiger partial charge in [-0.3, -0.25) is 4.79 Å². The van der Waals surface area contributed by atoms with E-state index < -0.39 is 0 Å². The minimum absolute atomic E-state index is 0.0721. The van der Waals surface area contributed by atoms with Crippen molar-refractivity contribution in [2.75, 3.05) is 7.11 Å². The highest BCUT2D eigenvalue weighted by Crippen LogP contribution is 2.28. The molecule has 0 saturated carbocycles. The minimum atomic E-state index is 0.0721. The van der Waals surface area contributed by atoms with E-state index in [1.807, 2.05) is 37.3 Å². The number of hydrogen-bond acceptors (Lipinski definition) is 3. The van der Waals surface area contributed by atoms with E-state index in [0.29, 0.717) is 23.5 Å². The maximum absolute atomic E-state index is 12.1. The SMILES string of the molecule is CCCC(=O)c1cc(Oc2ccccc2)ccc1OC. The molecule has 0 spiro atoms. The summed E-state index contributed by atoms with van der Waals surface area (Å²) in [6, 6.07) is 14.8. The third-order valence-electron chi connectivity index (χ3n) is 2.93. The van der Waals surface area contributed by atoms with Crippen LogP contribution in [-0.4, -0.2) is 12.9 Å². The lowest BCUT2D eigenvalue weighted by Crippen LogP contribution is -2.02. The Labute approximate surface area is 119 Å². The number of rotatable bonds is 6. The third kappa shape index (κ3) is 3.38. The number of carbonyl (C=O) groups is 1. The average molecular weight is 270 g/mol. The molecule has 0 N–H and O–H groups in total. The molecule has 0 heterocycles. The number of ether oxygens (including phenoxy) is 2. The zero-order valence-electron chi connectivity index (χ0n) is 11.8. The Morgan fingerprint density at radius 2 is 1.80 bits per heavy atom. The Morgan fingerprint density at radius 3 is 2.45 bits per heavy atom. The molecule has 0 amide bonds. The molecule has 0 fully saturated rings. The van der Waals surface area contributed by atoms with Gasteiger partial charge in [-0.05, 0) is 36.8 Å². The monoisotopic (exact) mass is 270 g/mol. The molecule has 0 aliphatic carbocycles. The molecule has 0 bridgehead atoms. The van der Waals surface area contributed by atoms with Crippen LogP contribution in [0, 0.1) is 0 Å². The van der Waals surface area contributed by atoms with Gasteiger partial charge < -0.3 is 9.47 Å². The van der Waals surface area contributed by atoms with Crippen LogP contribution < -0.4 is 9.47 Å². The van der Waals surface area contributed by atoms with Gasteiger partial charge in [-0.25, -0.2) is 0 Å². The van der Waals surface area contributed by atoms with E-state index >= 15 is 0 Å². The first kappa shape index (κ1) is 14.1. The van der Waals surface area contributed by atoms with Gasteiger partial charge in [0, 0.05) is 6.42 Å². The number of benzene rings is 2. The van der Waals surface area contributed by atoms with Crippen molar-refractivity contribution < 1.29 is 14.3 Å². The summed E-state index contributed by atoms with van der Waals surface area (Å²) in [5.74, 6) is 2.04. The number of hydrogen-bond donors (Lipinski definition) is 0. The fraction of sp³-hybridized carbons (Fsp3) is 0.235. The quantitative estimate of drug-likeness (QED) is 0.726. The Kier molecular flexibility index (Phi) is 4.77. The summed E-state index contributed by atoms with van der Waals surface area (Å²) < 4.78 is 11.0. The number of para-hydroxylation sites is 1. The molecule has 0 atom stereocenters. The molecule has 2 rings (SSSR count). The van der Waals surface area contributed by atoms with Crippen molar-refractivity contribution in [3.05, 3.63) is 54.1 Å². The first-order valence-corrected chi connectivity index (χ1v) is 6.68. The van der Waals surface area contributed by atoms with Gasteiger partial charge >= 0.3 is 0 Å². The molecule has 0 aliphatic heterocycles. The zero-order chi connectivity index (χ0) is 14.4. The normalized spacial score (nSPS) is 10.1. The molecule has 0 aromatic heterocycles. The molecule has 2 aromatic carbocycles. The van der Waals surface area contributed by atoms with Crippen LogP contribution in [0.15, 0.2) is 48.5 Å². The highest BCUT2D eigenvalue weighted by Gasteiger charge is 2.13. The first-order valence-electron chi connectivity index (χ1n) is 6.68. The van der Waals surface area contributed by atoms with E-state index in [0.717, 1.165) is 12.2 Å². The number of carbonyl (C=O) groups excluding carboxylic acids is 1. The zero-order valence-corrected chi connectivity index (χ0v) is 11.8. The maximum atomic E-state index is 12.1. The molecular weight excluding hydrogens is 252 g/mol. The van der Waals surface area contributed by atoms with Crippen molar-refractivity contribution >= 4 is 5.78 Å². The van der Waals surface area contributed by atoms with Crippen LogP contribution in [0.25, 0.3) is 0 Å². The second-order valence-corrected chi connectivity index (χ2v) is 4.45. The van der Waals surface area contributed by atoms with E-state index in [1.54, 1.807) is 25.3 Å². The van der Waals surface area contributed by atoms with Crippen LogP contribution in [0.2, 0.25) is 0 Å². The van der Waals surface area contributed by atoms with Crippen LogP contribution in [0.1, 0.15) is 30.1 Å². The van der Waals surface area contributed by atoms with Crippen molar-refractivity contribution in [3.63, 3.8) is 0 Å². The summed E-state index contributed by atoms with van der Waals surface area (Å²) in [5.41, 5.74) is 0.572. The van der Waals surface area contributed by atoms with Gasteiger partial charge in [0.15, 0.2) is 5.78 Å². The molecule has 3 heteroatoms. The van der Waals surface area contributed by atoms with Crippen molar-refractivity contribution in [3.8, 4) is 17.2 Å². The molecule has 2 aromatic rings. The highest BCUT2D eigenvalue weighted by molar-refractivity contribution is 5.99. The van der Waals surface area contributed by atoms with E-state index in [-0.39, 0.29) is 5.78 Å². The van der Waals surface area contributed by atoms with Gasteiger partial charge in [0.1, 0.15) is 17.2 Å².